The van der Waals surface area contributed by atoms with Gasteiger partial charge >= 0.3 is 0 Å². The first-order chi connectivity index (χ1) is 11.3. The van der Waals surface area contributed by atoms with Gasteiger partial charge in [-0.2, -0.15) is 0 Å². The Bertz CT molecular complexity index is 768. The molecule has 0 saturated heterocycles. The van der Waals surface area contributed by atoms with E-state index in [0.29, 0.717) is 11.1 Å². The molecule has 0 spiro atoms. The van der Waals surface area contributed by atoms with Crippen molar-refractivity contribution in [3.05, 3.63) is 58.7 Å². The summed E-state index contributed by atoms with van der Waals surface area (Å²) < 4.78 is 0. The number of aromatic hydroxyl groups is 1. The number of hydrogen-bond acceptors (Lipinski definition) is 4. The molecular formula is C18H20N2O3S. The van der Waals surface area contributed by atoms with Crippen molar-refractivity contribution in [2.45, 2.75) is 26.9 Å². The van der Waals surface area contributed by atoms with E-state index in [1.54, 1.807) is 31.2 Å². The number of hydrogen-bond donors (Lipinski definition) is 4. The van der Waals surface area contributed by atoms with E-state index < -0.39 is 6.10 Å². The number of amides is 1. The van der Waals surface area contributed by atoms with Crippen LogP contribution in [-0.4, -0.2) is 21.2 Å². The van der Waals surface area contributed by atoms with Crippen LogP contribution >= 0.6 is 12.2 Å². The minimum Gasteiger partial charge on any atom is -0.506 e. The third-order valence-electron chi connectivity index (χ3n) is 3.47. The molecule has 1 unspecified atom stereocenters. The largest absolute Gasteiger partial charge is 0.506 e. The highest BCUT2D eigenvalue weighted by molar-refractivity contribution is 7.80. The standard InChI is InChI=1S/C18H20N2O3S/c1-10-7-11(2)9-13(8-10)17(23)20-18(24)19-16-14(12(3)21)5-4-6-15(16)22/h4-9,12,21-22H,1-3H3,(H2,19,20,23,24). The van der Waals surface area contributed by atoms with E-state index in [1.165, 1.54) is 6.07 Å². The SMILES string of the molecule is Cc1cc(C)cc(C(=O)NC(=S)Nc2c(O)cccc2C(C)O)c1. The van der Waals surface area contributed by atoms with Gasteiger partial charge in [0, 0.05) is 11.1 Å². The van der Waals surface area contributed by atoms with Gasteiger partial charge in [-0.1, -0.05) is 29.3 Å². The van der Waals surface area contributed by atoms with Crippen molar-refractivity contribution in [3.63, 3.8) is 0 Å². The summed E-state index contributed by atoms with van der Waals surface area (Å²) in [6, 6.07) is 10.3. The molecule has 2 rings (SSSR count). The van der Waals surface area contributed by atoms with Gasteiger partial charge in [0.05, 0.1) is 11.8 Å². The molecule has 0 aliphatic heterocycles. The summed E-state index contributed by atoms with van der Waals surface area (Å²) in [5.74, 6) is -0.398. The van der Waals surface area contributed by atoms with Gasteiger partial charge in [0.2, 0.25) is 0 Å². The molecule has 6 heteroatoms. The highest BCUT2D eigenvalue weighted by Crippen LogP contribution is 2.31. The van der Waals surface area contributed by atoms with E-state index in [4.69, 9.17) is 12.2 Å². The molecule has 0 aliphatic rings. The Morgan fingerprint density at radius 1 is 1.17 bits per heavy atom. The molecule has 5 nitrogen and oxygen atoms in total. The number of aryl methyl sites for hydroxylation is 2. The minimum atomic E-state index is -0.794. The second-order valence-corrected chi connectivity index (χ2v) is 6.11. The lowest BCUT2D eigenvalue weighted by atomic mass is 10.1. The Morgan fingerprint density at radius 2 is 1.79 bits per heavy atom. The quantitative estimate of drug-likeness (QED) is 0.508. The third-order valence-corrected chi connectivity index (χ3v) is 3.68. The first-order valence-electron chi connectivity index (χ1n) is 7.48. The number of aliphatic hydroxyl groups excluding tert-OH is 1. The minimum absolute atomic E-state index is 0.0440. The van der Waals surface area contributed by atoms with Crippen LogP contribution in [0.1, 0.15) is 40.1 Å². The van der Waals surface area contributed by atoms with Crippen LogP contribution in [0.2, 0.25) is 0 Å². The zero-order valence-electron chi connectivity index (χ0n) is 13.8. The van der Waals surface area contributed by atoms with Gasteiger partial charge in [0.15, 0.2) is 5.11 Å². The van der Waals surface area contributed by atoms with Crippen LogP contribution in [-0.2, 0) is 0 Å². The lowest BCUT2D eigenvalue weighted by molar-refractivity contribution is 0.0977. The number of nitrogens with one attached hydrogen (secondary N) is 2. The summed E-state index contributed by atoms with van der Waals surface area (Å²) in [7, 11) is 0. The Hall–Kier alpha value is -2.44. The second kappa shape index (κ2) is 7.42. The first-order valence-corrected chi connectivity index (χ1v) is 7.89. The number of phenols is 1. The molecule has 2 aromatic carbocycles. The normalized spacial score (nSPS) is 11.7. The summed E-state index contributed by atoms with van der Waals surface area (Å²) in [5.41, 5.74) is 3.23. The number of thiocarbonyl (C=S) groups is 1. The van der Waals surface area contributed by atoms with Gasteiger partial charge in [-0.3, -0.25) is 10.1 Å². The Kier molecular flexibility index (Phi) is 5.54. The van der Waals surface area contributed by atoms with Gasteiger partial charge in [0.1, 0.15) is 5.75 Å². The van der Waals surface area contributed by atoms with Crippen LogP contribution in [0.4, 0.5) is 5.69 Å². The van der Waals surface area contributed by atoms with Crippen LogP contribution in [0.15, 0.2) is 36.4 Å². The molecule has 0 saturated carbocycles. The van der Waals surface area contributed by atoms with Gasteiger partial charge in [-0.15, -0.1) is 0 Å². The van der Waals surface area contributed by atoms with E-state index in [1.807, 2.05) is 19.9 Å². The van der Waals surface area contributed by atoms with Gasteiger partial charge in [-0.25, -0.2) is 0 Å². The van der Waals surface area contributed by atoms with Crippen molar-refractivity contribution in [2.24, 2.45) is 0 Å². The number of phenolic OH excluding ortho intramolecular Hbond substituents is 1. The highest BCUT2D eigenvalue weighted by Gasteiger charge is 2.15. The fourth-order valence-corrected chi connectivity index (χ4v) is 2.66. The monoisotopic (exact) mass is 344 g/mol. The lowest BCUT2D eigenvalue weighted by Crippen LogP contribution is -2.34. The number of carbonyl (C=O) groups excluding carboxylic acids is 1. The Labute approximate surface area is 146 Å². The van der Waals surface area contributed by atoms with Crippen molar-refractivity contribution < 1.29 is 15.0 Å². The van der Waals surface area contributed by atoms with Gasteiger partial charge < -0.3 is 15.5 Å². The molecule has 0 heterocycles. The number of benzene rings is 2. The number of para-hydroxylation sites is 1. The van der Waals surface area contributed by atoms with Gasteiger partial charge in [-0.05, 0) is 51.2 Å². The molecule has 4 N–H and O–H groups in total. The average molecular weight is 344 g/mol. The molecule has 0 fully saturated rings. The molecular weight excluding hydrogens is 324 g/mol. The van der Waals surface area contributed by atoms with E-state index >= 15 is 0 Å². The molecule has 1 amide bonds. The highest BCUT2D eigenvalue weighted by atomic mass is 32.1. The number of carbonyl (C=O) groups is 1. The molecule has 0 bridgehead atoms. The zero-order valence-corrected chi connectivity index (χ0v) is 14.6. The van der Waals surface area contributed by atoms with Crippen molar-refractivity contribution in [3.8, 4) is 5.75 Å². The molecule has 2 aromatic rings. The van der Waals surface area contributed by atoms with E-state index in [9.17, 15) is 15.0 Å². The zero-order chi connectivity index (χ0) is 17.9. The lowest BCUT2D eigenvalue weighted by Gasteiger charge is -2.16. The number of anilines is 1. The number of rotatable bonds is 3. The van der Waals surface area contributed by atoms with Crippen molar-refractivity contribution in [1.82, 2.24) is 5.32 Å². The molecule has 0 radical (unpaired) electrons. The predicted molar refractivity (Wildman–Crippen MR) is 98.3 cm³/mol. The second-order valence-electron chi connectivity index (χ2n) is 5.70. The maximum Gasteiger partial charge on any atom is 0.257 e. The van der Waals surface area contributed by atoms with Crippen LogP contribution < -0.4 is 10.6 Å². The predicted octanol–water partition coefficient (Wildman–Crippen LogP) is 3.19. The van der Waals surface area contributed by atoms with E-state index in [-0.39, 0.29) is 22.5 Å². The molecule has 126 valence electrons. The molecule has 0 aliphatic carbocycles. The van der Waals surface area contributed by atoms with E-state index in [0.717, 1.165) is 11.1 Å². The summed E-state index contributed by atoms with van der Waals surface area (Å²) in [4.78, 5) is 12.3. The molecule has 1 atom stereocenters. The Balaban J connectivity index is 2.15. The topological polar surface area (TPSA) is 81.6 Å². The molecule has 0 aromatic heterocycles. The van der Waals surface area contributed by atoms with E-state index in [2.05, 4.69) is 10.6 Å². The fraction of sp³-hybridized carbons (Fsp3) is 0.222. The third kappa shape index (κ3) is 4.31. The van der Waals surface area contributed by atoms with Crippen LogP contribution in [0, 0.1) is 13.8 Å². The van der Waals surface area contributed by atoms with Crippen LogP contribution in [0.5, 0.6) is 5.75 Å². The fourth-order valence-electron chi connectivity index (χ4n) is 2.47. The van der Waals surface area contributed by atoms with Crippen LogP contribution in [0.25, 0.3) is 0 Å². The smallest absolute Gasteiger partial charge is 0.257 e. The van der Waals surface area contributed by atoms with Crippen molar-refractivity contribution >= 4 is 28.9 Å². The number of aliphatic hydroxyl groups is 1. The first kappa shape index (κ1) is 17.9. The summed E-state index contributed by atoms with van der Waals surface area (Å²) >= 11 is 5.15. The summed E-state index contributed by atoms with van der Waals surface area (Å²) in [6.07, 6.45) is -0.794. The summed E-state index contributed by atoms with van der Waals surface area (Å²) in [6.45, 7) is 5.41. The molecule has 24 heavy (non-hydrogen) atoms. The van der Waals surface area contributed by atoms with Crippen molar-refractivity contribution in [1.29, 1.82) is 0 Å². The van der Waals surface area contributed by atoms with Crippen molar-refractivity contribution in [2.75, 3.05) is 5.32 Å². The Morgan fingerprint density at radius 3 is 2.38 bits per heavy atom. The maximum absolute atomic E-state index is 12.3. The average Bonchev–Trinajstić information content (AvgIpc) is 2.47. The summed E-state index contributed by atoms with van der Waals surface area (Å²) in [5, 5.41) is 25.2. The van der Waals surface area contributed by atoms with Gasteiger partial charge in [0.25, 0.3) is 5.91 Å². The van der Waals surface area contributed by atoms with Crippen LogP contribution in [0.3, 0.4) is 0 Å². The maximum atomic E-state index is 12.3.